The molecule has 3 nitrogen and oxygen atoms in total. The molecule has 0 bridgehead atoms. The largest absolute Gasteiger partial charge is 0.507 e. The van der Waals surface area contributed by atoms with Crippen molar-refractivity contribution in [2.75, 3.05) is 5.73 Å². The van der Waals surface area contributed by atoms with E-state index in [0.29, 0.717) is 16.9 Å². The fraction of sp³-hybridized carbons (Fsp3) is 0. The van der Waals surface area contributed by atoms with Gasteiger partial charge >= 0.3 is 0 Å². The predicted molar refractivity (Wildman–Crippen MR) is 55.7 cm³/mol. The molecular formula is C11H9FN2O. The van der Waals surface area contributed by atoms with E-state index in [1.54, 1.807) is 12.1 Å². The fourth-order valence-corrected chi connectivity index (χ4v) is 1.36. The second-order valence-corrected chi connectivity index (χ2v) is 3.13. The molecule has 0 saturated heterocycles. The normalized spacial score (nSPS) is 10.2. The van der Waals surface area contributed by atoms with E-state index >= 15 is 0 Å². The molecule has 4 heteroatoms. The zero-order valence-electron chi connectivity index (χ0n) is 7.81. The molecule has 1 aromatic carbocycles. The van der Waals surface area contributed by atoms with Crippen LogP contribution in [0.25, 0.3) is 11.1 Å². The van der Waals surface area contributed by atoms with E-state index in [1.165, 1.54) is 24.4 Å². The molecule has 0 aliphatic rings. The number of nitrogens with zero attached hydrogens (tertiary/aromatic N) is 1. The van der Waals surface area contributed by atoms with Gasteiger partial charge in [0, 0.05) is 11.8 Å². The molecule has 0 amide bonds. The smallest absolute Gasteiger partial charge is 0.124 e. The molecule has 0 saturated carbocycles. The van der Waals surface area contributed by atoms with Crippen molar-refractivity contribution >= 4 is 5.82 Å². The first-order valence-electron chi connectivity index (χ1n) is 4.37. The fourth-order valence-electron chi connectivity index (χ4n) is 1.36. The Kier molecular flexibility index (Phi) is 2.25. The molecule has 0 aliphatic carbocycles. The van der Waals surface area contributed by atoms with E-state index in [4.69, 9.17) is 5.73 Å². The lowest BCUT2D eigenvalue weighted by Gasteiger charge is -2.05. The van der Waals surface area contributed by atoms with Gasteiger partial charge in [-0.1, -0.05) is 0 Å². The van der Waals surface area contributed by atoms with Gasteiger partial charge in [0.1, 0.15) is 17.4 Å². The van der Waals surface area contributed by atoms with Crippen molar-refractivity contribution in [2.45, 2.75) is 0 Å². The zero-order chi connectivity index (χ0) is 10.8. The van der Waals surface area contributed by atoms with Crippen LogP contribution in [0.4, 0.5) is 10.2 Å². The number of anilines is 1. The average molecular weight is 204 g/mol. The highest BCUT2D eigenvalue weighted by molar-refractivity contribution is 5.71. The molecule has 0 fully saturated rings. The van der Waals surface area contributed by atoms with Crippen LogP contribution in [0, 0.1) is 5.82 Å². The van der Waals surface area contributed by atoms with Crippen molar-refractivity contribution in [1.82, 2.24) is 4.98 Å². The molecular weight excluding hydrogens is 195 g/mol. The summed E-state index contributed by atoms with van der Waals surface area (Å²) >= 11 is 0. The van der Waals surface area contributed by atoms with Gasteiger partial charge in [-0.2, -0.15) is 0 Å². The van der Waals surface area contributed by atoms with Gasteiger partial charge in [-0.3, -0.25) is 0 Å². The minimum absolute atomic E-state index is 0.0157. The van der Waals surface area contributed by atoms with Crippen molar-refractivity contribution in [3.8, 4) is 16.9 Å². The number of rotatable bonds is 1. The SMILES string of the molecule is Nc1cc(-c2cc(F)ccc2O)ccn1. The van der Waals surface area contributed by atoms with E-state index in [2.05, 4.69) is 4.98 Å². The first kappa shape index (κ1) is 9.45. The van der Waals surface area contributed by atoms with Gasteiger partial charge in [0.15, 0.2) is 0 Å². The van der Waals surface area contributed by atoms with Gasteiger partial charge < -0.3 is 10.8 Å². The first-order chi connectivity index (χ1) is 7.16. The van der Waals surface area contributed by atoms with Crippen molar-refractivity contribution in [2.24, 2.45) is 0 Å². The van der Waals surface area contributed by atoms with Crippen molar-refractivity contribution in [3.05, 3.63) is 42.3 Å². The topological polar surface area (TPSA) is 59.1 Å². The second kappa shape index (κ2) is 3.57. The Morgan fingerprint density at radius 1 is 1.20 bits per heavy atom. The summed E-state index contributed by atoms with van der Waals surface area (Å²) in [5.41, 5.74) is 6.54. The maximum Gasteiger partial charge on any atom is 0.124 e. The summed E-state index contributed by atoms with van der Waals surface area (Å²) in [7, 11) is 0. The number of hydrogen-bond acceptors (Lipinski definition) is 3. The van der Waals surface area contributed by atoms with E-state index in [0.717, 1.165) is 0 Å². The number of hydrogen-bond donors (Lipinski definition) is 2. The first-order valence-corrected chi connectivity index (χ1v) is 4.37. The van der Waals surface area contributed by atoms with Gasteiger partial charge in [0.05, 0.1) is 0 Å². The van der Waals surface area contributed by atoms with Crippen molar-refractivity contribution in [1.29, 1.82) is 0 Å². The number of aromatic nitrogens is 1. The van der Waals surface area contributed by atoms with Crippen molar-refractivity contribution in [3.63, 3.8) is 0 Å². The van der Waals surface area contributed by atoms with Crippen LogP contribution in [0.3, 0.4) is 0 Å². The number of phenols is 1. The lowest BCUT2D eigenvalue weighted by molar-refractivity contribution is 0.475. The van der Waals surface area contributed by atoms with E-state index in [9.17, 15) is 9.50 Å². The minimum atomic E-state index is -0.404. The summed E-state index contributed by atoms with van der Waals surface area (Å²) in [6.45, 7) is 0. The van der Waals surface area contributed by atoms with Crippen LogP contribution in [0.15, 0.2) is 36.5 Å². The zero-order valence-corrected chi connectivity index (χ0v) is 7.81. The molecule has 2 aromatic rings. The van der Waals surface area contributed by atoms with E-state index < -0.39 is 5.82 Å². The molecule has 3 N–H and O–H groups in total. The van der Waals surface area contributed by atoms with Gasteiger partial charge in [0.25, 0.3) is 0 Å². The Morgan fingerprint density at radius 2 is 2.00 bits per heavy atom. The lowest BCUT2D eigenvalue weighted by Crippen LogP contribution is -1.90. The quantitative estimate of drug-likeness (QED) is 0.748. The Labute approximate surface area is 86.0 Å². The Morgan fingerprint density at radius 3 is 2.73 bits per heavy atom. The molecule has 0 radical (unpaired) electrons. The third-order valence-corrected chi connectivity index (χ3v) is 2.05. The third kappa shape index (κ3) is 1.88. The molecule has 0 unspecified atom stereocenters. The Balaban J connectivity index is 2.58. The van der Waals surface area contributed by atoms with E-state index in [-0.39, 0.29) is 5.75 Å². The van der Waals surface area contributed by atoms with Crippen LogP contribution in [0.2, 0.25) is 0 Å². The van der Waals surface area contributed by atoms with Gasteiger partial charge in [0.2, 0.25) is 0 Å². The highest BCUT2D eigenvalue weighted by Gasteiger charge is 2.05. The number of benzene rings is 1. The summed E-state index contributed by atoms with van der Waals surface area (Å²) < 4.78 is 13.0. The lowest BCUT2D eigenvalue weighted by atomic mass is 10.1. The summed E-state index contributed by atoms with van der Waals surface area (Å²) in [6.07, 6.45) is 1.51. The summed E-state index contributed by atoms with van der Waals surface area (Å²) in [5.74, 6) is -0.0589. The highest BCUT2D eigenvalue weighted by atomic mass is 19.1. The van der Waals surface area contributed by atoms with Crippen LogP contribution < -0.4 is 5.73 Å². The molecule has 0 aliphatic heterocycles. The van der Waals surface area contributed by atoms with Gasteiger partial charge in [-0.15, -0.1) is 0 Å². The number of nitrogen functional groups attached to an aromatic ring is 1. The second-order valence-electron chi connectivity index (χ2n) is 3.13. The van der Waals surface area contributed by atoms with Gasteiger partial charge in [-0.05, 0) is 35.9 Å². The number of aromatic hydroxyl groups is 1. The van der Waals surface area contributed by atoms with Gasteiger partial charge in [-0.25, -0.2) is 9.37 Å². The highest BCUT2D eigenvalue weighted by Crippen LogP contribution is 2.29. The number of pyridine rings is 1. The monoisotopic (exact) mass is 204 g/mol. The van der Waals surface area contributed by atoms with Crippen molar-refractivity contribution < 1.29 is 9.50 Å². The molecule has 2 rings (SSSR count). The minimum Gasteiger partial charge on any atom is -0.507 e. The number of phenolic OH excluding ortho intramolecular Hbond substituents is 1. The Hall–Kier alpha value is -2.10. The molecule has 0 atom stereocenters. The van der Waals surface area contributed by atoms with Crippen LogP contribution >= 0.6 is 0 Å². The third-order valence-electron chi connectivity index (χ3n) is 2.05. The summed E-state index contributed by atoms with van der Waals surface area (Å²) in [4.78, 5) is 3.82. The summed E-state index contributed by atoms with van der Waals surface area (Å²) in [5, 5.41) is 9.55. The van der Waals surface area contributed by atoms with Crippen LogP contribution in [-0.4, -0.2) is 10.1 Å². The molecule has 76 valence electrons. The van der Waals surface area contributed by atoms with Crippen LogP contribution in [0.1, 0.15) is 0 Å². The maximum absolute atomic E-state index is 13.0. The van der Waals surface area contributed by atoms with Crippen LogP contribution in [0.5, 0.6) is 5.75 Å². The maximum atomic E-state index is 13.0. The van der Waals surface area contributed by atoms with E-state index in [1.807, 2.05) is 0 Å². The molecule has 1 aromatic heterocycles. The number of nitrogens with two attached hydrogens (primary N) is 1. The molecule has 0 spiro atoms. The molecule has 15 heavy (non-hydrogen) atoms. The standard InChI is InChI=1S/C11H9FN2O/c12-8-1-2-10(15)9(6-8)7-3-4-14-11(13)5-7/h1-6,15H,(H2,13,14). The molecule has 1 heterocycles. The Bertz CT molecular complexity index is 500. The average Bonchev–Trinajstić information content (AvgIpc) is 2.22. The van der Waals surface area contributed by atoms with Crippen LogP contribution in [-0.2, 0) is 0 Å². The summed E-state index contributed by atoms with van der Waals surface area (Å²) in [6, 6.07) is 6.99. The number of halogens is 1. The predicted octanol–water partition coefficient (Wildman–Crippen LogP) is 2.18.